The molecule has 1 saturated heterocycles. The maximum Gasteiger partial charge on any atom is 0.132 e. The van der Waals surface area contributed by atoms with E-state index in [1.807, 2.05) is 0 Å². The summed E-state index contributed by atoms with van der Waals surface area (Å²) in [7, 11) is 0. The second kappa shape index (κ2) is 6.08. The van der Waals surface area contributed by atoms with Gasteiger partial charge in [0.1, 0.15) is 11.6 Å². The van der Waals surface area contributed by atoms with Crippen molar-refractivity contribution < 1.29 is 13.5 Å². The van der Waals surface area contributed by atoms with Crippen molar-refractivity contribution in [3.63, 3.8) is 0 Å². The average molecular weight is 320 g/mol. The summed E-state index contributed by atoms with van der Waals surface area (Å²) in [6.07, 6.45) is 3.53. The number of ether oxygens (including phenoxy) is 1. The molecule has 2 rings (SSSR count). The van der Waals surface area contributed by atoms with Gasteiger partial charge in [-0.3, -0.25) is 0 Å². The standard InChI is InChI=1S/C13H16BrF2NO/c14-8-6-10(15)13(11(16)7-8)12(17)4-3-9-2-1-5-18-9/h6-7,9,12H,1-5,17H2. The second-order valence-electron chi connectivity index (χ2n) is 4.60. The molecule has 2 unspecified atom stereocenters. The van der Waals surface area contributed by atoms with Crippen molar-refractivity contribution in [1.29, 1.82) is 0 Å². The highest BCUT2D eigenvalue weighted by molar-refractivity contribution is 9.10. The number of hydrogen-bond donors (Lipinski definition) is 1. The van der Waals surface area contributed by atoms with Crippen molar-refractivity contribution in [2.24, 2.45) is 5.73 Å². The molecule has 0 spiro atoms. The fraction of sp³-hybridized carbons (Fsp3) is 0.538. The molecule has 2 nitrogen and oxygen atoms in total. The molecule has 0 amide bonds. The average Bonchev–Trinajstić information content (AvgIpc) is 2.77. The van der Waals surface area contributed by atoms with E-state index in [1.165, 1.54) is 12.1 Å². The molecule has 100 valence electrons. The molecule has 1 fully saturated rings. The zero-order valence-corrected chi connectivity index (χ0v) is 11.6. The van der Waals surface area contributed by atoms with Crippen molar-refractivity contribution in [2.75, 3.05) is 6.61 Å². The number of nitrogens with two attached hydrogens (primary N) is 1. The summed E-state index contributed by atoms with van der Waals surface area (Å²) in [5, 5.41) is 0. The summed E-state index contributed by atoms with van der Waals surface area (Å²) in [4.78, 5) is 0. The number of benzene rings is 1. The molecular formula is C13H16BrF2NO. The molecule has 1 aliphatic rings. The van der Waals surface area contributed by atoms with Crippen molar-refractivity contribution in [2.45, 2.75) is 37.8 Å². The van der Waals surface area contributed by atoms with E-state index >= 15 is 0 Å². The third-order valence-corrected chi connectivity index (χ3v) is 3.70. The van der Waals surface area contributed by atoms with E-state index in [0.29, 0.717) is 10.9 Å². The summed E-state index contributed by atoms with van der Waals surface area (Å²) >= 11 is 3.05. The van der Waals surface area contributed by atoms with Crippen LogP contribution >= 0.6 is 15.9 Å². The van der Waals surface area contributed by atoms with Crippen LogP contribution in [0.2, 0.25) is 0 Å². The molecule has 2 N–H and O–H groups in total. The summed E-state index contributed by atoms with van der Waals surface area (Å²) in [5.74, 6) is -1.19. The van der Waals surface area contributed by atoms with Crippen LogP contribution in [0.5, 0.6) is 0 Å². The van der Waals surface area contributed by atoms with Gasteiger partial charge >= 0.3 is 0 Å². The van der Waals surface area contributed by atoms with Crippen LogP contribution in [0, 0.1) is 11.6 Å². The molecule has 0 radical (unpaired) electrons. The molecule has 0 saturated carbocycles. The van der Waals surface area contributed by atoms with Crippen molar-refractivity contribution >= 4 is 15.9 Å². The van der Waals surface area contributed by atoms with Gasteiger partial charge in [0.05, 0.1) is 6.10 Å². The lowest BCUT2D eigenvalue weighted by molar-refractivity contribution is 0.100. The third-order valence-electron chi connectivity index (χ3n) is 3.24. The Morgan fingerprint density at radius 3 is 2.61 bits per heavy atom. The minimum atomic E-state index is -0.623. The zero-order valence-electron chi connectivity index (χ0n) is 9.96. The molecule has 1 heterocycles. The van der Waals surface area contributed by atoms with Crippen molar-refractivity contribution in [3.05, 3.63) is 33.8 Å². The second-order valence-corrected chi connectivity index (χ2v) is 5.52. The van der Waals surface area contributed by atoms with E-state index in [2.05, 4.69) is 15.9 Å². The predicted octanol–water partition coefficient (Wildman–Crippen LogP) is 3.69. The number of halogens is 3. The van der Waals surface area contributed by atoms with Crippen LogP contribution in [-0.2, 0) is 4.74 Å². The van der Waals surface area contributed by atoms with E-state index in [4.69, 9.17) is 10.5 Å². The predicted molar refractivity (Wildman–Crippen MR) is 69.2 cm³/mol. The Labute approximate surface area is 114 Å². The largest absolute Gasteiger partial charge is 0.378 e. The first-order valence-corrected chi connectivity index (χ1v) is 6.89. The molecule has 0 aromatic heterocycles. The van der Waals surface area contributed by atoms with E-state index < -0.39 is 17.7 Å². The summed E-state index contributed by atoms with van der Waals surface area (Å²) in [5.41, 5.74) is 5.84. The third kappa shape index (κ3) is 3.28. The highest BCUT2D eigenvalue weighted by Crippen LogP contribution is 2.28. The number of rotatable bonds is 4. The normalized spacial score (nSPS) is 21.2. The van der Waals surface area contributed by atoms with Gasteiger partial charge in [-0.2, -0.15) is 0 Å². The highest BCUT2D eigenvalue weighted by Gasteiger charge is 2.21. The van der Waals surface area contributed by atoms with Crippen LogP contribution in [-0.4, -0.2) is 12.7 Å². The van der Waals surface area contributed by atoms with E-state index in [1.54, 1.807) is 0 Å². The first-order valence-electron chi connectivity index (χ1n) is 6.09. The Morgan fingerprint density at radius 1 is 1.39 bits per heavy atom. The molecule has 0 aliphatic carbocycles. The zero-order chi connectivity index (χ0) is 13.1. The van der Waals surface area contributed by atoms with Gasteiger partial charge in [0.15, 0.2) is 0 Å². The lowest BCUT2D eigenvalue weighted by Crippen LogP contribution is -2.17. The SMILES string of the molecule is NC(CCC1CCCO1)c1c(F)cc(Br)cc1F. The molecule has 1 aliphatic heterocycles. The molecule has 2 atom stereocenters. The Bertz CT molecular complexity index is 398. The van der Waals surface area contributed by atoms with Gasteiger partial charge < -0.3 is 10.5 Å². The maximum atomic E-state index is 13.7. The Hall–Kier alpha value is -0.520. The van der Waals surface area contributed by atoms with Crippen LogP contribution in [0.15, 0.2) is 16.6 Å². The lowest BCUT2D eigenvalue weighted by Gasteiger charge is -2.16. The van der Waals surface area contributed by atoms with Gasteiger partial charge in [0, 0.05) is 22.7 Å². The summed E-state index contributed by atoms with van der Waals surface area (Å²) in [6.45, 7) is 0.779. The smallest absolute Gasteiger partial charge is 0.132 e. The van der Waals surface area contributed by atoms with E-state index in [-0.39, 0.29) is 11.7 Å². The Kier molecular flexibility index (Phi) is 4.70. The minimum Gasteiger partial charge on any atom is -0.378 e. The monoisotopic (exact) mass is 319 g/mol. The van der Waals surface area contributed by atoms with Gasteiger partial charge in [-0.15, -0.1) is 0 Å². The quantitative estimate of drug-likeness (QED) is 0.918. The van der Waals surface area contributed by atoms with Crippen LogP contribution in [0.3, 0.4) is 0 Å². The van der Waals surface area contributed by atoms with Crippen molar-refractivity contribution in [1.82, 2.24) is 0 Å². The van der Waals surface area contributed by atoms with Crippen LogP contribution in [0.1, 0.15) is 37.3 Å². The van der Waals surface area contributed by atoms with E-state index in [9.17, 15) is 8.78 Å². The summed E-state index contributed by atoms with van der Waals surface area (Å²) < 4.78 is 33.2. The van der Waals surface area contributed by atoms with Crippen LogP contribution < -0.4 is 5.73 Å². The van der Waals surface area contributed by atoms with Gasteiger partial charge in [0.25, 0.3) is 0 Å². The van der Waals surface area contributed by atoms with Gasteiger partial charge in [-0.05, 0) is 37.8 Å². The topological polar surface area (TPSA) is 35.2 Å². The number of hydrogen-bond acceptors (Lipinski definition) is 2. The minimum absolute atomic E-state index is 0.0313. The van der Waals surface area contributed by atoms with E-state index in [0.717, 1.165) is 25.9 Å². The first-order chi connectivity index (χ1) is 8.58. The molecular weight excluding hydrogens is 304 g/mol. The molecule has 5 heteroatoms. The molecule has 1 aromatic rings. The molecule has 1 aromatic carbocycles. The Balaban J connectivity index is 2.01. The highest BCUT2D eigenvalue weighted by atomic mass is 79.9. The van der Waals surface area contributed by atoms with Gasteiger partial charge in [-0.25, -0.2) is 8.78 Å². The molecule has 0 bridgehead atoms. The summed E-state index contributed by atoms with van der Waals surface area (Å²) in [6, 6.07) is 1.86. The fourth-order valence-corrected chi connectivity index (χ4v) is 2.69. The van der Waals surface area contributed by atoms with Gasteiger partial charge in [0.2, 0.25) is 0 Å². The van der Waals surface area contributed by atoms with Crippen LogP contribution in [0.4, 0.5) is 8.78 Å². The van der Waals surface area contributed by atoms with Crippen LogP contribution in [0.25, 0.3) is 0 Å². The Morgan fingerprint density at radius 2 is 2.06 bits per heavy atom. The molecule has 18 heavy (non-hydrogen) atoms. The fourth-order valence-electron chi connectivity index (χ4n) is 2.29. The van der Waals surface area contributed by atoms with Gasteiger partial charge in [-0.1, -0.05) is 15.9 Å². The maximum absolute atomic E-state index is 13.7. The first kappa shape index (κ1) is 13.9. The van der Waals surface area contributed by atoms with Crippen molar-refractivity contribution in [3.8, 4) is 0 Å². The lowest BCUT2D eigenvalue weighted by atomic mass is 9.99.